The summed E-state index contributed by atoms with van der Waals surface area (Å²) in [6.07, 6.45) is 8.51. The van der Waals surface area contributed by atoms with Gasteiger partial charge in [0.25, 0.3) is 0 Å². The van der Waals surface area contributed by atoms with Gasteiger partial charge in [0, 0.05) is 16.7 Å². The molecule has 1 aliphatic carbocycles. The van der Waals surface area contributed by atoms with E-state index < -0.39 is 30.0 Å². The minimum absolute atomic E-state index is 0.0465. The molecule has 0 spiro atoms. The van der Waals surface area contributed by atoms with Crippen molar-refractivity contribution in [2.24, 2.45) is 0 Å². The van der Waals surface area contributed by atoms with Gasteiger partial charge in [0.15, 0.2) is 8.32 Å². The zero-order valence-corrected chi connectivity index (χ0v) is 21.0. The molecule has 178 valence electrons. The van der Waals surface area contributed by atoms with Crippen molar-refractivity contribution in [3.05, 3.63) is 58.9 Å². The number of benzene rings is 1. The predicted octanol–water partition coefficient (Wildman–Crippen LogP) is 6.20. The van der Waals surface area contributed by atoms with E-state index in [2.05, 4.69) is 55.8 Å². The number of alkyl halides is 3. The Hall–Kier alpha value is -2.46. The van der Waals surface area contributed by atoms with Crippen molar-refractivity contribution in [2.45, 2.75) is 63.4 Å². The molecule has 0 heterocycles. The van der Waals surface area contributed by atoms with Gasteiger partial charge >= 0.3 is 15.6 Å². The molecule has 33 heavy (non-hydrogen) atoms. The summed E-state index contributed by atoms with van der Waals surface area (Å²) < 4.78 is 71.1. The van der Waals surface area contributed by atoms with Crippen LogP contribution >= 0.6 is 0 Å². The second-order valence-electron chi connectivity index (χ2n) is 9.04. The highest BCUT2D eigenvalue weighted by Crippen LogP contribution is 2.40. The summed E-state index contributed by atoms with van der Waals surface area (Å²) in [7, 11) is -7.90. The SMILES string of the molecule is C#CC(O[Si](C)(C)C(C)(C)C)c1ccccc1C#C/C=C1/CCC=C1OS(=O)(=O)C(F)(F)F. The molecular formula is C24H27F3O4SSi. The highest BCUT2D eigenvalue weighted by Gasteiger charge is 2.49. The Kier molecular flexibility index (Phi) is 7.96. The summed E-state index contributed by atoms with van der Waals surface area (Å²) in [4.78, 5) is 0. The van der Waals surface area contributed by atoms with Gasteiger partial charge in [-0.1, -0.05) is 56.7 Å². The smallest absolute Gasteiger partial charge is 0.399 e. The monoisotopic (exact) mass is 496 g/mol. The molecule has 9 heteroatoms. The van der Waals surface area contributed by atoms with E-state index in [0.717, 1.165) is 0 Å². The summed E-state index contributed by atoms with van der Waals surface area (Å²) in [6.45, 7) is 10.5. The quantitative estimate of drug-likeness (QED) is 0.211. The van der Waals surface area contributed by atoms with Crippen molar-refractivity contribution >= 4 is 18.4 Å². The molecule has 0 bridgehead atoms. The largest absolute Gasteiger partial charge is 0.534 e. The number of halogens is 3. The second-order valence-corrected chi connectivity index (χ2v) is 15.3. The standard InChI is InChI=1S/C24H27F3O4SSi/c1-7-21(31-33(5,6)23(2,3)4)20-16-9-8-12-18(20)13-10-14-19-15-11-17-22(19)30-32(28,29)24(25,26)27/h1,8-9,12,14,16-17,21H,11,15H2,2-6H3/b19-14-. The summed E-state index contributed by atoms with van der Waals surface area (Å²) in [5, 5.41) is -0.0465. The number of rotatable bonds is 5. The van der Waals surface area contributed by atoms with Crippen LogP contribution in [-0.4, -0.2) is 22.2 Å². The predicted molar refractivity (Wildman–Crippen MR) is 125 cm³/mol. The van der Waals surface area contributed by atoms with Crippen molar-refractivity contribution in [2.75, 3.05) is 0 Å². The zero-order valence-electron chi connectivity index (χ0n) is 19.2. The first-order valence-electron chi connectivity index (χ1n) is 10.2. The van der Waals surface area contributed by atoms with Crippen LogP contribution in [0.25, 0.3) is 0 Å². The average Bonchev–Trinajstić information content (AvgIpc) is 3.11. The van der Waals surface area contributed by atoms with Gasteiger partial charge < -0.3 is 8.61 Å². The van der Waals surface area contributed by atoms with Gasteiger partial charge in [-0.25, -0.2) is 0 Å². The average molecular weight is 497 g/mol. The van der Waals surface area contributed by atoms with Crippen molar-refractivity contribution < 1.29 is 30.2 Å². The van der Waals surface area contributed by atoms with Crippen LogP contribution in [0.2, 0.25) is 18.1 Å². The molecule has 0 amide bonds. The molecule has 0 aromatic heterocycles. The maximum absolute atomic E-state index is 12.6. The number of terminal acetylenes is 1. The number of hydrogen-bond acceptors (Lipinski definition) is 4. The molecule has 2 rings (SSSR count). The minimum atomic E-state index is -5.73. The highest BCUT2D eigenvalue weighted by molar-refractivity contribution is 7.87. The molecule has 4 nitrogen and oxygen atoms in total. The maximum atomic E-state index is 12.6. The van der Waals surface area contributed by atoms with E-state index >= 15 is 0 Å². The first-order valence-corrected chi connectivity index (χ1v) is 14.6. The first kappa shape index (κ1) is 26.8. The number of allylic oxidation sites excluding steroid dienone is 3. The lowest BCUT2D eigenvalue weighted by Gasteiger charge is -2.38. The van der Waals surface area contributed by atoms with Crippen molar-refractivity contribution in [3.8, 4) is 24.2 Å². The van der Waals surface area contributed by atoms with Crippen LogP contribution in [0.4, 0.5) is 13.2 Å². The molecule has 0 aliphatic heterocycles. The normalized spacial score (nSPS) is 17.1. The molecule has 1 aromatic carbocycles. The van der Waals surface area contributed by atoms with Gasteiger partial charge in [0.2, 0.25) is 0 Å². The fraction of sp³-hybridized carbons (Fsp3) is 0.417. The Morgan fingerprint density at radius 3 is 2.39 bits per heavy atom. The van der Waals surface area contributed by atoms with E-state index in [0.29, 0.717) is 24.0 Å². The second kappa shape index (κ2) is 9.80. The summed E-state index contributed by atoms with van der Waals surface area (Å²) in [5.74, 6) is 8.08. The molecule has 1 aromatic rings. The van der Waals surface area contributed by atoms with Crippen molar-refractivity contribution in [3.63, 3.8) is 0 Å². The van der Waals surface area contributed by atoms with Gasteiger partial charge in [-0.05, 0) is 49.2 Å². The zero-order chi connectivity index (χ0) is 25.1. The van der Waals surface area contributed by atoms with E-state index in [1.54, 1.807) is 12.1 Å². The lowest BCUT2D eigenvalue weighted by atomic mass is 10.0. The Morgan fingerprint density at radius 1 is 1.18 bits per heavy atom. The van der Waals surface area contributed by atoms with Crippen molar-refractivity contribution in [1.82, 2.24) is 0 Å². The van der Waals surface area contributed by atoms with Gasteiger partial charge in [-0.3, -0.25) is 0 Å². The van der Waals surface area contributed by atoms with Crippen LogP contribution in [0.15, 0.2) is 47.7 Å². The van der Waals surface area contributed by atoms with E-state index in [9.17, 15) is 21.6 Å². The fourth-order valence-electron chi connectivity index (χ4n) is 2.71. The third-order valence-corrected chi connectivity index (χ3v) is 11.0. The molecule has 1 atom stereocenters. The van der Waals surface area contributed by atoms with Crippen LogP contribution in [0.1, 0.15) is 50.8 Å². The third kappa shape index (κ3) is 6.54. The fourth-order valence-corrected chi connectivity index (χ4v) is 4.35. The summed E-state index contributed by atoms with van der Waals surface area (Å²) in [5.41, 5.74) is -3.89. The van der Waals surface area contributed by atoms with Crippen LogP contribution in [0.5, 0.6) is 0 Å². The van der Waals surface area contributed by atoms with Gasteiger partial charge in [0.05, 0.1) is 0 Å². The Balaban J connectivity index is 2.31. The Morgan fingerprint density at radius 2 is 1.82 bits per heavy atom. The van der Waals surface area contributed by atoms with Crippen molar-refractivity contribution in [1.29, 1.82) is 0 Å². The number of hydrogen-bond donors (Lipinski definition) is 0. The molecular weight excluding hydrogens is 469 g/mol. The van der Waals surface area contributed by atoms with Crippen LogP contribution in [0.3, 0.4) is 0 Å². The van der Waals surface area contributed by atoms with Gasteiger partial charge in [-0.15, -0.1) is 6.42 Å². The van der Waals surface area contributed by atoms with Crippen LogP contribution in [-0.2, 0) is 18.7 Å². The molecule has 0 fully saturated rings. The molecule has 1 unspecified atom stereocenters. The lowest BCUT2D eigenvalue weighted by molar-refractivity contribution is -0.0520. The third-order valence-electron chi connectivity index (χ3n) is 5.61. The molecule has 0 N–H and O–H groups in total. The van der Waals surface area contributed by atoms with E-state index in [1.165, 1.54) is 12.2 Å². The molecule has 0 radical (unpaired) electrons. The topological polar surface area (TPSA) is 52.6 Å². The van der Waals surface area contributed by atoms with Gasteiger partial charge in [0.1, 0.15) is 11.9 Å². The summed E-state index contributed by atoms with van der Waals surface area (Å²) >= 11 is 0. The van der Waals surface area contributed by atoms with E-state index in [4.69, 9.17) is 10.8 Å². The lowest BCUT2D eigenvalue weighted by Crippen LogP contribution is -2.41. The summed E-state index contributed by atoms with van der Waals surface area (Å²) in [6, 6.07) is 7.22. The van der Waals surface area contributed by atoms with E-state index in [1.807, 2.05) is 12.1 Å². The van der Waals surface area contributed by atoms with E-state index in [-0.39, 0.29) is 16.4 Å². The Labute approximate surface area is 195 Å². The molecule has 0 saturated heterocycles. The van der Waals surface area contributed by atoms with Crippen LogP contribution in [0, 0.1) is 24.2 Å². The Bertz CT molecular complexity index is 1160. The maximum Gasteiger partial charge on any atom is 0.534 e. The minimum Gasteiger partial charge on any atom is -0.399 e. The molecule has 1 aliphatic rings. The first-order chi connectivity index (χ1) is 15.1. The van der Waals surface area contributed by atoms with Crippen LogP contribution < -0.4 is 0 Å². The van der Waals surface area contributed by atoms with Gasteiger partial charge in [-0.2, -0.15) is 21.6 Å². The molecule has 0 saturated carbocycles. The highest BCUT2D eigenvalue weighted by atomic mass is 32.2.